The summed E-state index contributed by atoms with van der Waals surface area (Å²) in [7, 11) is 2.72. The predicted molar refractivity (Wildman–Crippen MR) is 90.4 cm³/mol. The second-order valence-corrected chi connectivity index (χ2v) is 8.50. The Morgan fingerprint density at radius 1 is 0.714 bits per heavy atom. The molecule has 0 fully saturated rings. The number of rotatable bonds is 16. The molecular weight excluding hydrogens is 284 g/mol. The Morgan fingerprint density at radius 3 is 1.67 bits per heavy atom. The van der Waals surface area contributed by atoms with E-state index in [4.69, 9.17) is 19.0 Å². The molecule has 0 aromatic rings. The quantitative estimate of drug-likeness (QED) is 0.338. The van der Waals surface area contributed by atoms with E-state index in [2.05, 4.69) is 5.32 Å². The molecule has 0 aromatic carbocycles. The van der Waals surface area contributed by atoms with E-state index in [1.807, 2.05) is 0 Å². The van der Waals surface area contributed by atoms with Crippen LogP contribution in [-0.2, 0) is 13.3 Å². The molecule has 0 radical (unpaired) electrons. The first-order chi connectivity index (χ1) is 10.2. The second kappa shape index (κ2) is 14.9. The van der Waals surface area contributed by atoms with Gasteiger partial charge in [0, 0.05) is 40.5 Å². The van der Waals surface area contributed by atoms with E-state index in [-0.39, 0.29) is 0 Å². The fourth-order valence-electron chi connectivity index (χ4n) is 2.44. The summed E-state index contributed by atoms with van der Waals surface area (Å²) in [6.07, 6.45) is 10.3. The van der Waals surface area contributed by atoms with Crippen LogP contribution < -0.4 is 11.1 Å². The van der Waals surface area contributed by atoms with Gasteiger partial charge in [0.2, 0.25) is 0 Å². The summed E-state index contributed by atoms with van der Waals surface area (Å²) in [5, 5.41) is 3.33. The molecule has 0 amide bonds. The molecule has 0 spiro atoms. The van der Waals surface area contributed by atoms with Crippen molar-refractivity contribution in [2.45, 2.75) is 57.4 Å². The summed E-state index contributed by atoms with van der Waals surface area (Å²) >= 11 is 0. The van der Waals surface area contributed by atoms with Gasteiger partial charge in [-0.05, 0) is 19.4 Å². The zero-order chi connectivity index (χ0) is 15.8. The maximum Gasteiger partial charge on any atom is 0.500 e. The molecule has 0 heterocycles. The zero-order valence-electron chi connectivity index (χ0n) is 14.3. The first-order valence-electron chi connectivity index (χ1n) is 8.31. The normalized spacial score (nSPS) is 12.0. The maximum atomic E-state index is 5.42. The molecule has 0 unspecified atom stereocenters. The van der Waals surface area contributed by atoms with E-state index >= 15 is 0 Å². The molecule has 0 aliphatic carbocycles. The summed E-state index contributed by atoms with van der Waals surface area (Å²) < 4.78 is 16.3. The standard InChI is InChI=1S/C15H36N2O3Si/c1-18-21(19-2,20-3)15-11-9-7-5-4-6-8-10-13-17-14-12-16/h17H,4-16H2,1-3H3. The van der Waals surface area contributed by atoms with E-state index < -0.39 is 8.80 Å². The minimum absolute atomic E-state index is 0.735. The average Bonchev–Trinajstić information content (AvgIpc) is 2.53. The molecule has 0 aliphatic rings. The molecule has 0 saturated carbocycles. The molecular formula is C15H36N2O3Si. The van der Waals surface area contributed by atoms with Gasteiger partial charge in [0.25, 0.3) is 0 Å². The Labute approximate surface area is 132 Å². The van der Waals surface area contributed by atoms with Gasteiger partial charge in [-0.1, -0.05) is 38.5 Å². The molecule has 3 N–H and O–H groups in total. The van der Waals surface area contributed by atoms with E-state index in [1.165, 1.54) is 44.9 Å². The average molecular weight is 321 g/mol. The number of hydrogen-bond donors (Lipinski definition) is 2. The SMILES string of the molecule is CO[Si](CCCCCCCCCCNCCN)(OC)OC. The van der Waals surface area contributed by atoms with Crippen LogP contribution in [0, 0.1) is 0 Å². The van der Waals surface area contributed by atoms with Crippen LogP contribution in [0.25, 0.3) is 0 Å². The molecule has 0 atom stereocenters. The number of hydrogen-bond acceptors (Lipinski definition) is 5. The summed E-state index contributed by atoms with van der Waals surface area (Å²) in [6, 6.07) is 0.920. The van der Waals surface area contributed by atoms with Crippen LogP contribution in [0.3, 0.4) is 0 Å². The highest BCUT2D eigenvalue weighted by atomic mass is 28.4. The van der Waals surface area contributed by atoms with Crippen LogP contribution in [0.1, 0.15) is 51.4 Å². The van der Waals surface area contributed by atoms with Crippen LogP contribution in [0.4, 0.5) is 0 Å². The van der Waals surface area contributed by atoms with Gasteiger partial charge in [-0.2, -0.15) is 0 Å². The van der Waals surface area contributed by atoms with Crippen molar-refractivity contribution in [3.63, 3.8) is 0 Å². The summed E-state index contributed by atoms with van der Waals surface area (Å²) in [4.78, 5) is 0. The van der Waals surface area contributed by atoms with Crippen molar-refractivity contribution in [1.82, 2.24) is 5.32 Å². The molecule has 0 aliphatic heterocycles. The minimum Gasteiger partial charge on any atom is -0.377 e. The molecule has 0 aromatic heterocycles. The Kier molecular flexibility index (Phi) is 14.9. The van der Waals surface area contributed by atoms with Crippen LogP contribution in [-0.4, -0.2) is 49.8 Å². The van der Waals surface area contributed by atoms with Crippen LogP contribution in [0.5, 0.6) is 0 Å². The van der Waals surface area contributed by atoms with Gasteiger partial charge < -0.3 is 24.3 Å². The molecule has 0 saturated heterocycles. The van der Waals surface area contributed by atoms with Gasteiger partial charge in [0.1, 0.15) is 0 Å². The number of nitrogens with two attached hydrogens (primary N) is 1. The summed E-state index contributed by atoms with van der Waals surface area (Å²) in [6.45, 7) is 2.78. The van der Waals surface area contributed by atoms with E-state index in [1.54, 1.807) is 21.3 Å². The molecule has 6 heteroatoms. The van der Waals surface area contributed by atoms with Crippen LogP contribution in [0.2, 0.25) is 6.04 Å². The van der Waals surface area contributed by atoms with Gasteiger partial charge in [0.05, 0.1) is 0 Å². The largest absolute Gasteiger partial charge is 0.500 e. The Morgan fingerprint density at radius 2 is 1.19 bits per heavy atom. The Balaban J connectivity index is 3.29. The van der Waals surface area contributed by atoms with Crippen molar-refractivity contribution in [2.24, 2.45) is 5.73 Å². The number of unbranched alkanes of at least 4 members (excludes halogenated alkanes) is 7. The monoisotopic (exact) mass is 320 g/mol. The highest BCUT2D eigenvalue weighted by Crippen LogP contribution is 2.18. The topological polar surface area (TPSA) is 65.7 Å². The lowest BCUT2D eigenvalue weighted by Crippen LogP contribution is -2.42. The van der Waals surface area contributed by atoms with E-state index in [0.29, 0.717) is 0 Å². The Bertz CT molecular complexity index is 209. The maximum absolute atomic E-state index is 5.42. The highest BCUT2D eigenvalue weighted by molar-refractivity contribution is 6.60. The zero-order valence-corrected chi connectivity index (χ0v) is 15.3. The van der Waals surface area contributed by atoms with E-state index in [9.17, 15) is 0 Å². The molecule has 21 heavy (non-hydrogen) atoms. The first kappa shape index (κ1) is 21.0. The molecule has 0 rings (SSSR count). The lowest BCUT2D eigenvalue weighted by Gasteiger charge is -2.24. The van der Waals surface area contributed by atoms with Gasteiger partial charge >= 0.3 is 8.80 Å². The third-order valence-electron chi connectivity index (χ3n) is 3.84. The summed E-state index contributed by atoms with van der Waals surface area (Å²) in [5.74, 6) is 0. The molecule has 128 valence electrons. The van der Waals surface area contributed by atoms with Crippen molar-refractivity contribution in [1.29, 1.82) is 0 Å². The van der Waals surface area contributed by atoms with Gasteiger partial charge in [-0.15, -0.1) is 0 Å². The fourth-order valence-corrected chi connectivity index (χ4v) is 4.23. The predicted octanol–water partition coefficient (Wildman–Crippen LogP) is 2.53. The summed E-state index contributed by atoms with van der Waals surface area (Å²) in [5.41, 5.74) is 5.42. The smallest absolute Gasteiger partial charge is 0.377 e. The fraction of sp³-hybridized carbons (Fsp3) is 1.00. The Hall–Kier alpha value is 0.0169. The van der Waals surface area contributed by atoms with Crippen LogP contribution >= 0.6 is 0 Å². The lowest BCUT2D eigenvalue weighted by molar-refractivity contribution is 0.122. The van der Waals surface area contributed by atoms with Crippen molar-refractivity contribution in [3.8, 4) is 0 Å². The van der Waals surface area contributed by atoms with Gasteiger partial charge in [0.15, 0.2) is 0 Å². The third-order valence-corrected chi connectivity index (χ3v) is 6.67. The second-order valence-electron chi connectivity index (χ2n) is 5.41. The van der Waals surface area contributed by atoms with Crippen LogP contribution in [0.15, 0.2) is 0 Å². The first-order valence-corrected chi connectivity index (χ1v) is 10.2. The van der Waals surface area contributed by atoms with Gasteiger partial charge in [-0.25, -0.2) is 0 Å². The van der Waals surface area contributed by atoms with Crippen molar-refractivity contribution >= 4 is 8.80 Å². The van der Waals surface area contributed by atoms with Crippen molar-refractivity contribution in [2.75, 3.05) is 41.0 Å². The molecule has 5 nitrogen and oxygen atoms in total. The van der Waals surface area contributed by atoms with Gasteiger partial charge in [-0.3, -0.25) is 0 Å². The minimum atomic E-state index is -2.33. The van der Waals surface area contributed by atoms with Crippen molar-refractivity contribution < 1.29 is 13.3 Å². The highest BCUT2D eigenvalue weighted by Gasteiger charge is 2.36. The third kappa shape index (κ3) is 11.3. The van der Waals surface area contributed by atoms with Crippen molar-refractivity contribution in [3.05, 3.63) is 0 Å². The van der Waals surface area contributed by atoms with E-state index in [0.717, 1.165) is 32.1 Å². The number of nitrogens with one attached hydrogen (secondary N) is 1. The molecule has 0 bridgehead atoms. The lowest BCUT2D eigenvalue weighted by atomic mass is 10.1.